The molecule has 0 aliphatic heterocycles. The first-order valence-electron chi connectivity index (χ1n) is 5.49. The molecule has 0 bridgehead atoms. The van der Waals surface area contributed by atoms with Crippen molar-refractivity contribution in [3.8, 4) is 0 Å². The van der Waals surface area contributed by atoms with Crippen LogP contribution in [0.25, 0.3) is 0 Å². The fraction of sp³-hybridized carbons (Fsp3) is 0.538. The zero-order chi connectivity index (χ0) is 12.2. The highest BCUT2D eigenvalue weighted by Crippen LogP contribution is 2.31. The molecule has 0 aliphatic rings. The fourth-order valence-electron chi connectivity index (χ4n) is 1.76. The lowest BCUT2D eigenvalue weighted by Gasteiger charge is -2.22. The van der Waals surface area contributed by atoms with Crippen LogP contribution in [0.4, 0.5) is 13.2 Å². The Morgan fingerprint density at radius 1 is 1.06 bits per heavy atom. The van der Waals surface area contributed by atoms with E-state index in [2.05, 4.69) is 0 Å². The van der Waals surface area contributed by atoms with Gasteiger partial charge in [0, 0.05) is 6.42 Å². The van der Waals surface area contributed by atoms with E-state index in [4.69, 9.17) is 0 Å². The van der Waals surface area contributed by atoms with Crippen molar-refractivity contribution in [3.05, 3.63) is 35.9 Å². The van der Waals surface area contributed by atoms with Gasteiger partial charge in [0.25, 0.3) is 0 Å². The van der Waals surface area contributed by atoms with Crippen LogP contribution in [0.2, 0.25) is 0 Å². The summed E-state index contributed by atoms with van der Waals surface area (Å²) in [4.78, 5) is 0. The van der Waals surface area contributed by atoms with Gasteiger partial charge in [-0.2, -0.15) is 13.2 Å². The minimum Gasteiger partial charge on any atom is -0.171 e. The van der Waals surface area contributed by atoms with Crippen LogP contribution in [0.5, 0.6) is 0 Å². The van der Waals surface area contributed by atoms with Crippen molar-refractivity contribution in [2.75, 3.05) is 0 Å². The van der Waals surface area contributed by atoms with Gasteiger partial charge in [-0.1, -0.05) is 44.2 Å². The topological polar surface area (TPSA) is 0 Å². The first-order valence-corrected chi connectivity index (χ1v) is 5.49. The van der Waals surface area contributed by atoms with Gasteiger partial charge in [0.1, 0.15) is 0 Å². The number of hydrogen-bond donors (Lipinski definition) is 0. The molecule has 1 aromatic carbocycles. The molecule has 1 atom stereocenters. The van der Waals surface area contributed by atoms with Gasteiger partial charge in [-0.25, -0.2) is 0 Å². The predicted molar refractivity (Wildman–Crippen MR) is 59.1 cm³/mol. The Bertz CT molecular complexity index is 301. The average Bonchev–Trinajstić information content (AvgIpc) is 2.16. The summed E-state index contributed by atoms with van der Waals surface area (Å²) in [6.07, 6.45) is -4.26. The number of hydrogen-bond acceptors (Lipinski definition) is 0. The zero-order valence-electron chi connectivity index (χ0n) is 9.59. The molecule has 0 N–H and O–H groups in total. The third-order valence-electron chi connectivity index (χ3n) is 2.78. The lowest BCUT2D eigenvalue weighted by molar-refractivity contribution is -0.147. The Hall–Kier alpha value is -0.990. The molecule has 0 aromatic heterocycles. The monoisotopic (exact) mass is 230 g/mol. The van der Waals surface area contributed by atoms with Crippen molar-refractivity contribution < 1.29 is 13.2 Å². The molecule has 16 heavy (non-hydrogen) atoms. The van der Waals surface area contributed by atoms with Crippen LogP contribution >= 0.6 is 0 Å². The van der Waals surface area contributed by atoms with Crippen molar-refractivity contribution >= 4 is 0 Å². The molecule has 0 aliphatic carbocycles. The summed E-state index contributed by atoms with van der Waals surface area (Å²) in [5, 5.41) is 0. The molecule has 0 amide bonds. The summed E-state index contributed by atoms with van der Waals surface area (Å²) in [5.41, 5.74) is 0.977. The number of benzene rings is 1. The molecule has 90 valence electrons. The highest BCUT2D eigenvalue weighted by molar-refractivity contribution is 5.15. The second kappa shape index (κ2) is 5.37. The molecule has 1 unspecified atom stereocenters. The molecule has 1 aromatic rings. The summed E-state index contributed by atoms with van der Waals surface area (Å²) in [6.45, 7) is 3.69. The Labute approximate surface area is 94.5 Å². The van der Waals surface area contributed by atoms with Crippen LogP contribution in [0.15, 0.2) is 30.3 Å². The van der Waals surface area contributed by atoms with Gasteiger partial charge in [-0.05, 0) is 23.8 Å². The fourth-order valence-corrected chi connectivity index (χ4v) is 1.76. The summed E-state index contributed by atoms with van der Waals surface area (Å²) in [6, 6.07) is 9.36. The van der Waals surface area contributed by atoms with E-state index >= 15 is 0 Å². The maximum Gasteiger partial charge on any atom is 0.389 e. The smallest absolute Gasteiger partial charge is 0.171 e. The molecular weight excluding hydrogens is 213 g/mol. The molecule has 0 radical (unpaired) electrons. The summed E-state index contributed by atoms with van der Waals surface area (Å²) >= 11 is 0. The van der Waals surface area contributed by atoms with Crippen molar-refractivity contribution in [2.24, 2.45) is 11.8 Å². The molecule has 0 spiro atoms. The summed E-state index contributed by atoms with van der Waals surface area (Å²) < 4.78 is 37.1. The average molecular weight is 230 g/mol. The Morgan fingerprint density at radius 2 is 1.62 bits per heavy atom. The molecular formula is C13H17F3. The molecule has 1 rings (SSSR count). The highest BCUT2D eigenvalue weighted by atomic mass is 19.4. The van der Waals surface area contributed by atoms with Crippen molar-refractivity contribution in [3.63, 3.8) is 0 Å². The first kappa shape index (κ1) is 13.1. The first-order chi connectivity index (χ1) is 7.38. The molecule has 3 heteroatoms. The zero-order valence-corrected chi connectivity index (χ0v) is 9.59. The summed E-state index contributed by atoms with van der Waals surface area (Å²) in [7, 11) is 0. The van der Waals surface area contributed by atoms with E-state index in [0.717, 1.165) is 5.56 Å². The van der Waals surface area contributed by atoms with Crippen LogP contribution in [0, 0.1) is 11.8 Å². The van der Waals surface area contributed by atoms with Gasteiger partial charge < -0.3 is 0 Å². The number of halogens is 3. The standard InChI is InChI=1S/C13H17F3/c1-10(2)12(9-13(14,15)16)8-11-6-4-3-5-7-11/h3-7,10,12H,8-9H2,1-2H3. The Balaban J connectivity index is 2.66. The van der Waals surface area contributed by atoms with E-state index in [0.29, 0.717) is 6.42 Å². The minimum absolute atomic E-state index is 0.0434. The van der Waals surface area contributed by atoms with Gasteiger partial charge in [0.05, 0.1) is 0 Å². The molecule has 0 nitrogen and oxygen atoms in total. The quantitative estimate of drug-likeness (QED) is 0.716. The lowest BCUT2D eigenvalue weighted by atomic mass is 9.86. The van der Waals surface area contributed by atoms with E-state index in [1.165, 1.54) is 0 Å². The van der Waals surface area contributed by atoms with E-state index in [-0.39, 0.29) is 11.8 Å². The highest BCUT2D eigenvalue weighted by Gasteiger charge is 2.33. The SMILES string of the molecule is CC(C)C(Cc1ccccc1)CC(F)(F)F. The molecule has 0 fully saturated rings. The van der Waals surface area contributed by atoms with Crippen LogP contribution in [0.1, 0.15) is 25.8 Å². The van der Waals surface area contributed by atoms with Crippen molar-refractivity contribution in [1.82, 2.24) is 0 Å². The Kier molecular flexibility index (Phi) is 4.39. The maximum atomic E-state index is 12.4. The normalized spacial score (nSPS) is 14.1. The molecule has 0 heterocycles. The van der Waals surface area contributed by atoms with Gasteiger partial charge in [-0.3, -0.25) is 0 Å². The summed E-state index contributed by atoms with van der Waals surface area (Å²) in [5.74, 6) is -0.288. The minimum atomic E-state index is -4.07. The van der Waals surface area contributed by atoms with Crippen molar-refractivity contribution in [2.45, 2.75) is 32.9 Å². The van der Waals surface area contributed by atoms with Crippen LogP contribution in [-0.2, 0) is 6.42 Å². The lowest BCUT2D eigenvalue weighted by Crippen LogP contribution is -2.21. The van der Waals surface area contributed by atoms with Gasteiger partial charge in [0.2, 0.25) is 0 Å². The number of rotatable bonds is 4. The third kappa shape index (κ3) is 4.69. The second-order valence-electron chi connectivity index (χ2n) is 4.51. The molecule has 0 saturated heterocycles. The van der Waals surface area contributed by atoms with E-state index < -0.39 is 12.6 Å². The van der Waals surface area contributed by atoms with Gasteiger partial charge in [0.15, 0.2) is 0 Å². The predicted octanol–water partition coefficient (Wildman–Crippen LogP) is 4.45. The van der Waals surface area contributed by atoms with Gasteiger partial charge >= 0.3 is 6.18 Å². The van der Waals surface area contributed by atoms with Gasteiger partial charge in [-0.15, -0.1) is 0 Å². The third-order valence-corrected chi connectivity index (χ3v) is 2.78. The molecule has 0 saturated carbocycles. The largest absolute Gasteiger partial charge is 0.389 e. The number of alkyl halides is 3. The van der Waals surface area contributed by atoms with Crippen LogP contribution < -0.4 is 0 Å². The second-order valence-corrected chi connectivity index (χ2v) is 4.51. The maximum absolute atomic E-state index is 12.4. The Morgan fingerprint density at radius 3 is 2.06 bits per heavy atom. The van der Waals surface area contributed by atoms with E-state index in [1.807, 2.05) is 44.2 Å². The van der Waals surface area contributed by atoms with E-state index in [1.54, 1.807) is 0 Å². The van der Waals surface area contributed by atoms with Crippen LogP contribution in [0.3, 0.4) is 0 Å². The van der Waals surface area contributed by atoms with Crippen molar-refractivity contribution in [1.29, 1.82) is 0 Å². The van der Waals surface area contributed by atoms with E-state index in [9.17, 15) is 13.2 Å². The van der Waals surface area contributed by atoms with Crippen LogP contribution in [-0.4, -0.2) is 6.18 Å².